The highest BCUT2D eigenvalue weighted by Gasteiger charge is 2.15. The van der Waals surface area contributed by atoms with E-state index in [1.807, 2.05) is 0 Å². The fourth-order valence-corrected chi connectivity index (χ4v) is 1.69. The van der Waals surface area contributed by atoms with Crippen molar-refractivity contribution < 1.29 is 28.6 Å². The van der Waals surface area contributed by atoms with E-state index in [0.717, 1.165) is 5.56 Å². The molecule has 1 heterocycles. The smallest absolute Gasteiger partial charge is 0.373 e. The third kappa shape index (κ3) is 3.42. The molecule has 1 aromatic heterocycles. The van der Waals surface area contributed by atoms with Gasteiger partial charge in [-0.2, -0.15) is 0 Å². The van der Waals surface area contributed by atoms with Gasteiger partial charge < -0.3 is 19.0 Å². The summed E-state index contributed by atoms with van der Waals surface area (Å²) in [6, 6.07) is 7.58. The van der Waals surface area contributed by atoms with Crippen LogP contribution in [0.1, 0.15) is 32.2 Å². The van der Waals surface area contributed by atoms with Crippen molar-refractivity contribution in [2.24, 2.45) is 0 Å². The van der Waals surface area contributed by atoms with E-state index in [2.05, 4.69) is 4.74 Å². The molecule has 6 heteroatoms. The monoisotopic (exact) mass is 290 g/mol. The minimum Gasteiger partial charge on any atom is -0.507 e. The Hall–Kier alpha value is -2.76. The topological polar surface area (TPSA) is 86.0 Å². The zero-order valence-corrected chi connectivity index (χ0v) is 11.6. The number of benzene rings is 1. The van der Waals surface area contributed by atoms with Gasteiger partial charge in [-0.3, -0.25) is 0 Å². The summed E-state index contributed by atoms with van der Waals surface area (Å²) < 4.78 is 14.7. The van der Waals surface area contributed by atoms with Gasteiger partial charge in [0.2, 0.25) is 5.76 Å². The van der Waals surface area contributed by atoms with Crippen molar-refractivity contribution >= 4 is 11.9 Å². The third-order valence-electron chi connectivity index (χ3n) is 2.77. The van der Waals surface area contributed by atoms with Gasteiger partial charge in [-0.1, -0.05) is 6.07 Å². The molecule has 0 saturated heterocycles. The van der Waals surface area contributed by atoms with Crippen LogP contribution in [-0.2, 0) is 16.1 Å². The summed E-state index contributed by atoms with van der Waals surface area (Å²) in [6.45, 7) is 1.65. The molecule has 0 aliphatic rings. The van der Waals surface area contributed by atoms with E-state index in [1.165, 1.54) is 31.4 Å². The average molecular weight is 290 g/mol. The molecule has 1 aromatic carbocycles. The molecule has 0 bridgehead atoms. The van der Waals surface area contributed by atoms with E-state index < -0.39 is 11.9 Å². The van der Waals surface area contributed by atoms with Gasteiger partial charge in [-0.15, -0.1) is 0 Å². The number of hydrogen-bond acceptors (Lipinski definition) is 6. The van der Waals surface area contributed by atoms with Crippen LogP contribution >= 0.6 is 0 Å². The molecule has 0 aliphatic carbocycles. The normalized spacial score (nSPS) is 10.2. The van der Waals surface area contributed by atoms with Crippen LogP contribution in [0.5, 0.6) is 5.75 Å². The number of carbonyl (C=O) groups is 2. The first-order chi connectivity index (χ1) is 10.0. The Bertz CT molecular complexity index is 671. The second kappa shape index (κ2) is 6.13. The Morgan fingerprint density at radius 2 is 1.95 bits per heavy atom. The van der Waals surface area contributed by atoms with Crippen molar-refractivity contribution in [3.8, 4) is 5.75 Å². The average Bonchev–Trinajstić information content (AvgIpc) is 2.92. The number of methoxy groups -OCH3 is 1. The highest BCUT2D eigenvalue weighted by molar-refractivity contribution is 5.92. The van der Waals surface area contributed by atoms with Crippen molar-refractivity contribution in [1.29, 1.82) is 0 Å². The third-order valence-corrected chi connectivity index (χ3v) is 2.77. The van der Waals surface area contributed by atoms with Crippen LogP contribution in [0.25, 0.3) is 0 Å². The molecule has 1 N–H and O–H groups in total. The predicted molar refractivity (Wildman–Crippen MR) is 72.0 cm³/mol. The number of esters is 2. The van der Waals surface area contributed by atoms with Crippen molar-refractivity contribution in [3.63, 3.8) is 0 Å². The van der Waals surface area contributed by atoms with Gasteiger partial charge >= 0.3 is 11.9 Å². The van der Waals surface area contributed by atoms with E-state index in [9.17, 15) is 14.7 Å². The van der Waals surface area contributed by atoms with Crippen molar-refractivity contribution in [2.75, 3.05) is 7.11 Å². The van der Waals surface area contributed by atoms with Gasteiger partial charge in [0, 0.05) is 0 Å². The number of phenols is 1. The molecule has 0 aliphatic heterocycles. The summed E-state index contributed by atoms with van der Waals surface area (Å²) in [5.41, 5.74) is 0.901. The molecular weight excluding hydrogens is 276 g/mol. The number of ether oxygens (including phenoxy) is 2. The van der Waals surface area contributed by atoms with Crippen LogP contribution < -0.4 is 0 Å². The van der Waals surface area contributed by atoms with Gasteiger partial charge in [-0.25, -0.2) is 9.59 Å². The quantitative estimate of drug-likeness (QED) is 0.870. The number of phenolic OH excluding ortho intramolecular Hbond substituents is 1. The highest BCUT2D eigenvalue weighted by atomic mass is 16.6. The lowest BCUT2D eigenvalue weighted by Crippen LogP contribution is -2.05. The molecule has 2 aromatic rings. The lowest BCUT2D eigenvalue weighted by molar-refractivity contribution is 0.0435. The maximum absolute atomic E-state index is 11.8. The summed E-state index contributed by atoms with van der Waals surface area (Å²) in [6.07, 6.45) is 0. The van der Waals surface area contributed by atoms with E-state index in [0.29, 0.717) is 5.76 Å². The van der Waals surface area contributed by atoms with Gasteiger partial charge in [0.15, 0.2) is 0 Å². The molecule has 2 rings (SSSR count). The molecule has 0 atom stereocenters. The minimum atomic E-state index is -0.677. The summed E-state index contributed by atoms with van der Waals surface area (Å²) in [5.74, 6) is -1.10. The molecule has 110 valence electrons. The number of aryl methyl sites for hydroxylation is 1. The van der Waals surface area contributed by atoms with E-state index in [1.54, 1.807) is 13.0 Å². The fraction of sp³-hybridized carbons (Fsp3) is 0.200. The van der Waals surface area contributed by atoms with E-state index in [4.69, 9.17) is 9.15 Å². The predicted octanol–water partition coefficient (Wildman–Crippen LogP) is 2.44. The summed E-state index contributed by atoms with van der Waals surface area (Å²) in [5, 5.41) is 9.68. The molecule has 6 nitrogen and oxygen atoms in total. The summed E-state index contributed by atoms with van der Waals surface area (Å²) >= 11 is 0. The number of carbonyl (C=O) groups excluding carboxylic acids is 2. The zero-order valence-electron chi connectivity index (χ0n) is 11.6. The van der Waals surface area contributed by atoms with Crippen LogP contribution in [0.15, 0.2) is 34.7 Å². The molecule has 0 saturated carbocycles. The SMILES string of the molecule is COC(=O)c1ccc(COC(=O)c2ccc(C)cc2O)o1. The largest absolute Gasteiger partial charge is 0.507 e. The van der Waals surface area contributed by atoms with Crippen molar-refractivity contribution in [1.82, 2.24) is 0 Å². The van der Waals surface area contributed by atoms with Crippen LogP contribution in [0.2, 0.25) is 0 Å². The maximum Gasteiger partial charge on any atom is 0.373 e. The second-order valence-corrected chi connectivity index (χ2v) is 4.35. The summed E-state index contributed by atoms with van der Waals surface area (Å²) in [7, 11) is 1.24. The molecule has 0 radical (unpaired) electrons. The van der Waals surface area contributed by atoms with Crippen LogP contribution in [0.4, 0.5) is 0 Å². The van der Waals surface area contributed by atoms with Gasteiger partial charge in [0.1, 0.15) is 23.7 Å². The molecule has 0 unspecified atom stereocenters. The first-order valence-electron chi connectivity index (χ1n) is 6.15. The molecule has 0 spiro atoms. The Balaban J connectivity index is 2.01. The number of aromatic hydroxyl groups is 1. The van der Waals surface area contributed by atoms with E-state index >= 15 is 0 Å². The van der Waals surface area contributed by atoms with Crippen LogP contribution in [-0.4, -0.2) is 24.2 Å². The van der Waals surface area contributed by atoms with Crippen LogP contribution in [0.3, 0.4) is 0 Å². The minimum absolute atomic E-state index is 0.0294. The molecular formula is C15H14O6. The lowest BCUT2D eigenvalue weighted by atomic mass is 10.1. The number of hydrogen-bond donors (Lipinski definition) is 1. The van der Waals surface area contributed by atoms with Crippen LogP contribution in [0, 0.1) is 6.92 Å². The molecule has 0 fully saturated rings. The first-order valence-corrected chi connectivity index (χ1v) is 6.15. The number of rotatable bonds is 4. The maximum atomic E-state index is 11.8. The Kier molecular flexibility index (Phi) is 4.27. The van der Waals surface area contributed by atoms with Gasteiger partial charge in [0.05, 0.1) is 7.11 Å². The zero-order chi connectivity index (χ0) is 15.4. The van der Waals surface area contributed by atoms with Crippen molar-refractivity contribution in [3.05, 3.63) is 53.0 Å². The summed E-state index contributed by atoms with van der Waals surface area (Å²) in [4.78, 5) is 23.0. The number of furan rings is 1. The first kappa shape index (κ1) is 14.6. The lowest BCUT2D eigenvalue weighted by Gasteiger charge is -2.05. The molecule has 21 heavy (non-hydrogen) atoms. The standard InChI is InChI=1S/C15H14O6/c1-9-3-5-11(12(16)7-9)14(17)20-8-10-4-6-13(21-10)15(18)19-2/h3-7,16H,8H2,1-2H3. The van der Waals surface area contributed by atoms with Crippen molar-refractivity contribution in [2.45, 2.75) is 13.5 Å². The molecule has 0 amide bonds. The van der Waals surface area contributed by atoms with Gasteiger partial charge in [0.25, 0.3) is 0 Å². The Morgan fingerprint density at radius 1 is 1.19 bits per heavy atom. The van der Waals surface area contributed by atoms with Gasteiger partial charge in [-0.05, 0) is 36.8 Å². The highest BCUT2D eigenvalue weighted by Crippen LogP contribution is 2.20. The Morgan fingerprint density at radius 3 is 2.62 bits per heavy atom. The second-order valence-electron chi connectivity index (χ2n) is 4.35. The fourth-order valence-electron chi connectivity index (χ4n) is 1.69. The Labute approximate surface area is 120 Å². The van der Waals surface area contributed by atoms with E-state index in [-0.39, 0.29) is 23.7 Å².